The molecule has 1 aromatic rings. The average Bonchev–Trinajstić information content (AvgIpc) is 3.01. The molecule has 1 aromatic heterocycles. The lowest BCUT2D eigenvalue weighted by Crippen LogP contribution is -2.09. The van der Waals surface area contributed by atoms with Gasteiger partial charge in [0, 0.05) is 12.6 Å². The predicted molar refractivity (Wildman–Crippen MR) is 60.0 cm³/mol. The maximum atomic E-state index is 11.7. The molecule has 2 N–H and O–H groups in total. The summed E-state index contributed by atoms with van der Waals surface area (Å²) in [5.74, 6) is 0.875. The van der Waals surface area contributed by atoms with Crippen LogP contribution in [0.25, 0.3) is 0 Å². The molecule has 0 atom stereocenters. The quantitative estimate of drug-likeness (QED) is 0.777. The molecule has 0 radical (unpaired) electrons. The maximum Gasteiger partial charge on any atom is 0.359 e. The fourth-order valence-electron chi connectivity index (χ4n) is 1.76. The molecule has 5 nitrogen and oxygen atoms in total. The zero-order chi connectivity index (χ0) is 11.7. The van der Waals surface area contributed by atoms with Gasteiger partial charge in [0.15, 0.2) is 5.69 Å². The summed E-state index contributed by atoms with van der Waals surface area (Å²) in [6.45, 7) is 2.14. The van der Waals surface area contributed by atoms with Gasteiger partial charge in [0.05, 0.1) is 6.61 Å². The second-order valence-electron chi connectivity index (χ2n) is 4.20. The van der Waals surface area contributed by atoms with Crippen molar-refractivity contribution in [1.29, 1.82) is 0 Å². The van der Waals surface area contributed by atoms with E-state index in [4.69, 9.17) is 10.5 Å². The molecule has 16 heavy (non-hydrogen) atoms. The van der Waals surface area contributed by atoms with Crippen molar-refractivity contribution in [2.45, 2.75) is 26.2 Å². The lowest BCUT2D eigenvalue weighted by atomic mass is 10.1. The number of aromatic nitrogens is 2. The number of hydrogen-bond donors (Lipinski definition) is 1. The molecule has 0 aromatic carbocycles. The standard InChI is InChI=1S/C11H17N3O2/c1-3-16-11(15)9-8(6-7-4-5-7)10(12)14(2)13-9/h7H,3-6,12H2,1-2H3. The third-order valence-electron chi connectivity index (χ3n) is 2.85. The van der Waals surface area contributed by atoms with Crippen LogP contribution in [0, 0.1) is 5.92 Å². The number of nitrogens with two attached hydrogens (primary N) is 1. The summed E-state index contributed by atoms with van der Waals surface area (Å²) in [5.41, 5.74) is 7.14. The highest BCUT2D eigenvalue weighted by molar-refractivity contribution is 5.90. The number of nitrogen functional groups attached to an aromatic ring is 1. The number of carbonyl (C=O) groups is 1. The normalized spacial score (nSPS) is 15.1. The molecular formula is C11H17N3O2. The number of carbonyl (C=O) groups excluding carboxylic acids is 1. The van der Waals surface area contributed by atoms with E-state index in [0.717, 1.165) is 12.0 Å². The van der Waals surface area contributed by atoms with E-state index in [9.17, 15) is 4.79 Å². The molecule has 1 aliphatic rings. The first-order valence-corrected chi connectivity index (χ1v) is 5.62. The molecule has 0 saturated heterocycles. The number of hydrogen-bond acceptors (Lipinski definition) is 4. The van der Waals surface area contributed by atoms with Crippen molar-refractivity contribution in [1.82, 2.24) is 9.78 Å². The van der Waals surface area contributed by atoms with Crippen LogP contribution in [-0.2, 0) is 18.2 Å². The molecule has 1 saturated carbocycles. The first-order valence-electron chi connectivity index (χ1n) is 5.62. The molecule has 0 unspecified atom stereocenters. The van der Waals surface area contributed by atoms with Gasteiger partial charge in [-0.1, -0.05) is 0 Å². The zero-order valence-electron chi connectivity index (χ0n) is 9.69. The van der Waals surface area contributed by atoms with Crippen molar-refractivity contribution in [2.24, 2.45) is 13.0 Å². The Labute approximate surface area is 94.6 Å². The Hall–Kier alpha value is -1.52. The van der Waals surface area contributed by atoms with Gasteiger partial charge in [-0.2, -0.15) is 5.10 Å². The van der Waals surface area contributed by atoms with Crippen molar-refractivity contribution in [2.75, 3.05) is 12.3 Å². The Kier molecular flexibility index (Phi) is 2.85. The number of esters is 1. The van der Waals surface area contributed by atoms with Crippen molar-refractivity contribution in [3.63, 3.8) is 0 Å². The Balaban J connectivity index is 2.27. The second kappa shape index (κ2) is 4.15. The van der Waals surface area contributed by atoms with Crippen molar-refractivity contribution < 1.29 is 9.53 Å². The highest BCUT2D eigenvalue weighted by Gasteiger charge is 2.28. The van der Waals surface area contributed by atoms with E-state index in [1.165, 1.54) is 12.8 Å². The lowest BCUT2D eigenvalue weighted by molar-refractivity contribution is 0.0517. The highest BCUT2D eigenvalue weighted by atomic mass is 16.5. The van der Waals surface area contributed by atoms with Crippen LogP contribution < -0.4 is 5.73 Å². The van der Waals surface area contributed by atoms with E-state index >= 15 is 0 Å². The van der Waals surface area contributed by atoms with Crippen LogP contribution in [0.5, 0.6) is 0 Å². The third kappa shape index (κ3) is 2.03. The molecular weight excluding hydrogens is 206 g/mol. The summed E-state index contributed by atoms with van der Waals surface area (Å²) in [6.07, 6.45) is 3.28. The van der Waals surface area contributed by atoms with Crippen molar-refractivity contribution in [3.8, 4) is 0 Å². The Morgan fingerprint density at radius 2 is 2.31 bits per heavy atom. The van der Waals surface area contributed by atoms with Gasteiger partial charge in [-0.3, -0.25) is 4.68 Å². The topological polar surface area (TPSA) is 70.1 Å². The van der Waals surface area contributed by atoms with Crippen LogP contribution in [0.3, 0.4) is 0 Å². The monoisotopic (exact) mass is 223 g/mol. The molecule has 2 rings (SSSR count). The van der Waals surface area contributed by atoms with E-state index in [1.54, 1.807) is 18.7 Å². The van der Waals surface area contributed by atoms with E-state index in [0.29, 0.717) is 24.0 Å². The smallest absolute Gasteiger partial charge is 0.359 e. The van der Waals surface area contributed by atoms with Crippen molar-refractivity contribution >= 4 is 11.8 Å². The minimum absolute atomic E-state index is 0.359. The first-order chi connectivity index (χ1) is 7.63. The Bertz CT molecular complexity index is 408. The second-order valence-corrected chi connectivity index (χ2v) is 4.20. The van der Waals surface area contributed by atoms with E-state index < -0.39 is 0 Å². The minimum Gasteiger partial charge on any atom is -0.461 e. The van der Waals surface area contributed by atoms with E-state index in [-0.39, 0.29) is 5.97 Å². The summed E-state index contributed by atoms with van der Waals surface area (Å²) in [4.78, 5) is 11.7. The van der Waals surface area contributed by atoms with Crippen molar-refractivity contribution in [3.05, 3.63) is 11.3 Å². The largest absolute Gasteiger partial charge is 0.461 e. The summed E-state index contributed by atoms with van der Waals surface area (Å²) in [7, 11) is 1.74. The van der Waals surface area contributed by atoms with Gasteiger partial charge in [-0.05, 0) is 32.1 Å². The summed E-state index contributed by atoms with van der Waals surface area (Å²) in [5, 5.41) is 4.13. The maximum absolute atomic E-state index is 11.7. The number of aryl methyl sites for hydroxylation is 1. The molecule has 0 spiro atoms. The van der Waals surface area contributed by atoms with Gasteiger partial charge in [0.2, 0.25) is 0 Å². The molecule has 1 fully saturated rings. The average molecular weight is 223 g/mol. The van der Waals surface area contributed by atoms with Gasteiger partial charge in [-0.25, -0.2) is 4.79 Å². The number of rotatable bonds is 4. The molecule has 0 amide bonds. The van der Waals surface area contributed by atoms with Gasteiger partial charge < -0.3 is 10.5 Å². The van der Waals surface area contributed by atoms with Gasteiger partial charge in [-0.15, -0.1) is 0 Å². The minimum atomic E-state index is -0.370. The van der Waals surface area contributed by atoms with Gasteiger partial charge >= 0.3 is 5.97 Å². The van der Waals surface area contributed by atoms with Gasteiger partial charge in [0.25, 0.3) is 0 Å². The predicted octanol–water partition coefficient (Wildman–Crippen LogP) is 1.13. The Morgan fingerprint density at radius 3 is 2.88 bits per heavy atom. The molecule has 88 valence electrons. The van der Waals surface area contributed by atoms with E-state index in [1.807, 2.05) is 0 Å². The zero-order valence-corrected chi connectivity index (χ0v) is 9.69. The number of anilines is 1. The van der Waals surface area contributed by atoms with Crippen LogP contribution in [0.4, 0.5) is 5.82 Å². The van der Waals surface area contributed by atoms with Crippen LogP contribution in [0.1, 0.15) is 35.8 Å². The van der Waals surface area contributed by atoms with Crippen LogP contribution in [-0.4, -0.2) is 22.4 Å². The Morgan fingerprint density at radius 1 is 1.62 bits per heavy atom. The molecule has 1 aliphatic carbocycles. The SMILES string of the molecule is CCOC(=O)c1nn(C)c(N)c1CC1CC1. The molecule has 1 heterocycles. The van der Waals surface area contributed by atoms with Crippen LogP contribution >= 0.6 is 0 Å². The lowest BCUT2D eigenvalue weighted by Gasteiger charge is -2.02. The van der Waals surface area contributed by atoms with E-state index in [2.05, 4.69) is 5.10 Å². The number of nitrogens with zero attached hydrogens (tertiary/aromatic N) is 2. The highest BCUT2D eigenvalue weighted by Crippen LogP contribution is 2.35. The summed E-state index contributed by atoms with van der Waals surface area (Å²) in [6, 6.07) is 0. The fraction of sp³-hybridized carbons (Fsp3) is 0.636. The number of ether oxygens (including phenoxy) is 1. The summed E-state index contributed by atoms with van der Waals surface area (Å²) >= 11 is 0. The fourth-order valence-corrected chi connectivity index (χ4v) is 1.76. The molecule has 5 heteroatoms. The first kappa shape index (κ1) is 11.0. The third-order valence-corrected chi connectivity index (χ3v) is 2.85. The van der Waals surface area contributed by atoms with Gasteiger partial charge in [0.1, 0.15) is 5.82 Å². The summed E-state index contributed by atoms with van der Waals surface area (Å²) < 4.78 is 6.51. The molecule has 0 bridgehead atoms. The molecule has 0 aliphatic heterocycles. The van der Waals surface area contributed by atoms with Crippen LogP contribution in [0.2, 0.25) is 0 Å². The van der Waals surface area contributed by atoms with Crippen LogP contribution in [0.15, 0.2) is 0 Å².